The first-order chi connectivity index (χ1) is 9.08. The zero-order chi connectivity index (χ0) is 13.8. The number of nitrogens with two attached hydrogens (primary N) is 1. The molecule has 0 aromatic heterocycles. The maximum Gasteiger partial charge on any atom is 0.227 e. The summed E-state index contributed by atoms with van der Waals surface area (Å²) in [7, 11) is 0. The van der Waals surface area contributed by atoms with Gasteiger partial charge in [-0.25, -0.2) is 0 Å². The van der Waals surface area contributed by atoms with Gasteiger partial charge in [0, 0.05) is 24.7 Å². The van der Waals surface area contributed by atoms with Crippen molar-refractivity contribution in [2.45, 2.75) is 32.2 Å². The molecule has 0 spiro atoms. The molecule has 4 nitrogen and oxygen atoms in total. The number of rotatable bonds is 3. The molecule has 1 amide bonds. The number of carbonyl (C=O) groups is 1. The van der Waals surface area contributed by atoms with Gasteiger partial charge < -0.3 is 15.7 Å². The molecule has 0 saturated carbocycles. The monoisotopic (exact) mass is 262 g/mol. The van der Waals surface area contributed by atoms with E-state index in [0.717, 1.165) is 25.9 Å². The molecule has 1 heterocycles. The van der Waals surface area contributed by atoms with Crippen molar-refractivity contribution in [3.05, 3.63) is 29.8 Å². The van der Waals surface area contributed by atoms with E-state index in [9.17, 15) is 9.90 Å². The van der Waals surface area contributed by atoms with Gasteiger partial charge in [0.1, 0.15) is 5.75 Å². The minimum absolute atomic E-state index is 0.0876. The van der Waals surface area contributed by atoms with Crippen molar-refractivity contribution in [2.24, 2.45) is 11.7 Å². The van der Waals surface area contributed by atoms with E-state index in [0.29, 0.717) is 11.5 Å². The summed E-state index contributed by atoms with van der Waals surface area (Å²) in [5.74, 6) is 0.806. The Bertz CT molecular complexity index is 438. The molecule has 0 radical (unpaired) electrons. The first-order valence-corrected chi connectivity index (χ1v) is 6.88. The van der Waals surface area contributed by atoms with E-state index in [2.05, 4.69) is 0 Å². The zero-order valence-corrected chi connectivity index (χ0v) is 11.4. The molecule has 1 aliphatic rings. The molecule has 2 rings (SSSR count). The van der Waals surface area contributed by atoms with E-state index in [1.807, 2.05) is 17.9 Å². The molecule has 1 aromatic rings. The number of likely N-dealkylation sites (tertiary alicyclic amines) is 1. The van der Waals surface area contributed by atoms with Crippen LogP contribution in [0.1, 0.15) is 25.3 Å². The Morgan fingerprint density at radius 2 is 2.05 bits per heavy atom. The topological polar surface area (TPSA) is 66.6 Å². The van der Waals surface area contributed by atoms with Gasteiger partial charge in [0.25, 0.3) is 0 Å². The van der Waals surface area contributed by atoms with Crippen LogP contribution in [0.2, 0.25) is 0 Å². The summed E-state index contributed by atoms with van der Waals surface area (Å²) < 4.78 is 0. The van der Waals surface area contributed by atoms with Crippen LogP contribution in [0.3, 0.4) is 0 Å². The summed E-state index contributed by atoms with van der Waals surface area (Å²) in [6.45, 7) is 3.58. The minimum Gasteiger partial charge on any atom is -0.508 e. The lowest BCUT2D eigenvalue weighted by molar-refractivity contribution is -0.131. The number of para-hydroxylation sites is 1. The summed E-state index contributed by atoms with van der Waals surface area (Å²) in [6, 6.07) is 7.21. The van der Waals surface area contributed by atoms with Crippen molar-refractivity contribution in [3.8, 4) is 5.75 Å². The van der Waals surface area contributed by atoms with Crippen LogP contribution in [0.5, 0.6) is 5.75 Å². The van der Waals surface area contributed by atoms with Crippen LogP contribution in [0.4, 0.5) is 0 Å². The standard InChI is InChI=1S/C15H22N2O2/c1-11(16)12-6-8-17(9-7-12)15(19)10-13-4-2-3-5-14(13)18/h2-5,11-12,18H,6-10,16H2,1H3. The van der Waals surface area contributed by atoms with Gasteiger partial charge >= 0.3 is 0 Å². The fourth-order valence-electron chi connectivity index (χ4n) is 2.61. The molecule has 0 aliphatic carbocycles. The molecule has 3 N–H and O–H groups in total. The van der Waals surface area contributed by atoms with Gasteiger partial charge in [-0.2, -0.15) is 0 Å². The zero-order valence-electron chi connectivity index (χ0n) is 11.4. The summed E-state index contributed by atoms with van der Waals surface area (Å²) in [5.41, 5.74) is 6.59. The molecule has 1 aromatic carbocycles. The van der Waals surface area contributed by atoms with Crippen molar-refractivity contribution in [2.75, 3.05) is 13.1 Å². The smallest absolute Gasteiger partial charge is 0.227 e. The van der Waals surface area contributed by atoms with Gasteiger partial charge in [-0.1, -0.05) is 18.2 Å². The van der Waals surface area contributed by atoms with Crippen molar-refractivity contribution >= 4 is 5.91 Å². The Kier molecular flexibility index (Phi) is 4.43. The van der Waals surface area contributed by atoms with Crippen LogP contribution in [-0.2, 0) is 11.2 Å². The molecule has 1 fully saturated rings. The third-order valence-electron chi connectivity index (χ3n) is 3.97. The Morgan fingerprint density at radius 3 is 2.63 bits per heavy atom. The number of benzene rings is 1. The highest BCUT2D eigenvalue weighted by Crippen LogP contribution is 2.22. The van der Waals surface area contributed by atoms with E-state index in [4.69, 9.17) is 5.73 Å². The van der Waals surface area contributed by atoms with E-state index in [1.54, 1.807) is 18.2 Å². The number of hydrogen-bond acceptors (Lipinski definition) is 3. The van der Waals surface area contributed by atoms with Gasteiger partial charge in [0.2, 0.25) is 5.91 Å². The number of amides is 1. The lowest BCUT2D eigenvalue weighted by Crippen LogP contribution is -2.43. The highest BCUT2D eigenvalue weighted by Gasteiger charge is 2.25. The number of nitrogens with zero attached hydrogens (tertiary/aromatic N) is 1. The predicted octanol–water partition coefficient (Wildman–Crippen LogP) is 1.52. The van der Waals surface area contributed by atoms with Crippen LogP contribution in [0.15, 0.2) is 24.3 Å². The Balaban J connectivity index is 1.90. The highest BCUT2D eigenvalue weighted by atomic mass is 16.3. The number of aromatic hydroxyl groups is 1. The molecule has 19 heavy (non-hydrogen) atoms. The molecule has 1 atom stereocenters. The van der Waals surface area contributed by atoms with Crippen molar-refractivity contribution < 1.29 is 9.90 Å². The van der Waals surface area contributed by atoms with Gasteiger partial charge in [0.05, 0.1) is 6.42 Å². The van der Waals surface area contributed by atoms with Gasteiger partial charge in [-0.3, -0.25) is 4.79 Å². The lowest BCUT2D eigenvalue weighted by Gasteiger charge is -2.33. The first-order valence-electron chi connectivity index (χ1n) is 6.88. The third-order valence-corrected chi connectivity index (χ3v) is 3.97. The van der Waals surface area contributed by atoms with Crippen LogP contribution in [0.25, 0.3) is 0 Å². The van der Waals surface area contributed by atoms with Crippen LogP contribution >= 0.6 is 0 Å². The Hall–Kier alpha value is -1.55. The summed E-state index contributed by atoms with van der Waals surface area (Å²) >= 11 is 0. The minimum atomic E-state index is 0.0876. The summed E-state index contributed by atoms with van der Waals surface area (Å²) in [4.78, 5) is 14.1. The fourth-order valence-corrected chi connectivity index (χ4v) is 2.61. The maximum absolute atomic E-state index is 12.2. The van der Waals surface area contributed by atoms with Crippen molar-refractivity contribution in [1.82, 2.24) is 4.90 Å². The second kappa shape index (κ2) is 6.06. The number of phenolic OH excluding ortho intramolecular Hbond substituents is 1. The molecule has 104 valence electrons. The molecule has 1 unspecified atom stereocenters. The quantitative estimate of drug-likeness (QED) is 0.868. The van der Waals surface area contributed by atoms with Gasteiger partial charge in [-0.15, -0.1) is 0 Å². The second-order valence-corrected chi connectivity index (χ2v) is 5.38. The van der Waals surface area contributed by atoms with Crippen molar-refractivity contribution in [3.63, 3.8) is 0 Å². The predicted molar refractivity (Wildman–Crippen MR) is 74.8 cm³/mol. The largest absolute Gasteiger partial charge is 0.508 e. The van der Waals surface area contributed by atoms with Gasteiger partial charge in [-0.05, 0) is 31.7 Å². The normalized spacial score (nSPS) is 18.3. The number of piperidine rings is 1. The van der Waals surface area contributed by atoms with E-state index in [1.165, 1.54) is 0 Å². The third kappa shape index (κ3) is 3.47. The molecular formula is C15H22N2O2. The second-order valence-electron chi connectivity index (χ2n) is 5.38. The molecular weight excluding hydrogens is 240 g/mol. The Morgan fingerprint density at radius 1 is 1.42 bits per heavy atom. The summed E-state index contributed by atoms with van der Waals surface area (Å²) in [6.07, 6.45) is 2.23. The molecule has 1 saturated heterocycles. The van der Waals surface area contributed by atoms with Gasteiger partial charge in [0.15, 0.2) is 0 Å². The fraction of sp³-hybridized carbons (Fsp3) is 0.533. The highest BCUT2D eigenvalue weighted by molar-refractivity contribution is 5.79. The number of phenols is 1. The first kappa shape index (κ1) is 13.9. The van der Waals surface area contributed by atoms with E-state index >= 15 is 0 Å². The van der Waals surface area contributed by atoms with E-state index < -0.39 is 0 Å². The number of carbonyl (C=O) groups excluding carboxylic acids is 1. The van der Waals surface area contributed by atoms with Crippen molar-refractivity contribution in [1.29, 1.82) is 0 Å². The van der Waals surface area contributed by atoms with Crippen LogP contribution in [0, 0.1) is 5.92 Å². The van der Waals surface area contributed by atoms with E-state index in [-0.39, 0.29) is 24.1 Å². The maximum atomic E-state index is 12.2. The average molecular weight is 262 g/mol. The number of hydrogen-bond donors (Lipinski definition) is 2. The Labute approximate surface area is 114 Å². The van der Waals surface area contributed by atoms with Crippen LogP contribution in [-0.4, -0.2) is 35.0 Å². The SMILES string of the molecule is CC(N)C1CCN(C(=O)Cc2ccccc2O)CC1. The summed E-state index contributed by atoms with van der Waals surface area (Å²) in [5, 5.41) is 9.69. The molecule has 1 aliphatic heterocycles. The lowest BCUT2D eigenvalue weighted by atomic mass is 9.91. The molecule has 4 heteroatoms. The average Bonchev–Trinajstić information content (AvgIpc) is 2.41. The van der Waals surface area contributed by atoms with Crippen LogP contribution < -0.4 is 5.73 Å². The molecule has 0 bridgehead atoms.